The number of nitrogens with zero attached hydrogens (tertiary/aromatic N) is 2. The van der Waals surface area contributed by atoms with Crippen molar-refractivity contribution in [3.63, 3.8) is 0 Å². The lowest BCUT2D eigenvalue weighted by molar-refractivity contribution is 0.0688. The lowest BCUT2D eigenvalue weighted by atomic mass is 10.2. The topological polar surface area (TPSA) is 67.7 Å². The van der Waals surface area contributed by atoms with Crippen LogP contribution < -0.4 is 0 Å². The molecule has 0 unspecified atom stereocenters. The molecule has 0 atom stereocenters. The van der Waals surface area contributed by atoms with Gasteiger partial charge in [0, 0.05) is 0 Å². The number of carboxylic acid groups (broad SMARTS) is 1. The van der Waals surface area contributed by atoms with Gasteiger partial charge in [0.05, 0.1) is 12.0 Å². The fraction of sp³-hybridized carbons (Fsp3) is 0.0769. The van der Waals surface area contributed by atoms with Crippen molar-refractivity contribution in [2.75, 3.05) is 0 Å². The van der Waals surface area contributed by atoms with Gasteiger partial charge in [0.15, 0.2) is 5.76 Å². The normalized spacial score (nSPS) is 10.9. The Morgan fingerprint density at radius 3 is 2.83 bits per heavy atom. The second-order valence-electron chi connectivity index (χ2n) is 3.93. The fourth-order valence-electron chi connectivity index (χ4n) is 2.05. The van der Waals surface area contributed by atoms with Crippen LogP contribution in [-0.4, -0.2) is 20.5 Å². The highest BCUT2D eigenvalue weighted by molar-refractivity contribution is 5.87. The van der Waals surface area contributed by atoms with Crippen LogP contribution in [0.1, 0.15) is 16.2 Å². The SMILES string of the molecule is Cc1c(-c2ccco2)nc2cccc(C(=O)O)n12. The van der Waals surface area contributed by atoms with Crippen LogP contribution in [0, 0.1) is 6.92 Å². The third-order valence-corrected chi connectivity index (χ3v) is 2.85. The summed E-state index contributed by atoms with van der Waals surface area (Å²) in [4.78, 5) is 15.6. The molecule has 0 bridgehead atoms. The van der Waals surface area contributed by atoms with Crippen molar-refractivity contribution in [2.24, 2.45) is 0 Å². The zero-order valence-corrected chi connectivity index (χ0v) is 9.62. The Hall–Kier alpha value is -2.56. The first-order valence-electron chi connectivity index (χ1n) is 5.43. The molecule has 0 saturated carbocycles. The number of rotatable bonds is 2. The molecule has 90 valence electrons. The second kappa shape index (κ2) is 3.73. The molecule has 5 nitrogen and oxygen atoms in total. The number of imidazole rings is 1. The molecule has 0 saturated heterocycles. The van der Waals surface area contributed by atoms with Gasteiger partial charge in [-0.15, -0.1) is 0 Å². The summed E-state index contributed by atoms with van der Waals surface area (Å²) in [6.45, 7) is 1.82. The lowest BCUT2D eigenvalue weighted by Crippen LogP contribution is -2.05. The first kappa shape index (κ1) is 10.6. The highest BCUT2D eigenvalue weighted by Gasteiger charge is 2.17. The van der Waals surface area contributed by atoms with E-state index in [1.807, 2.05) is 6.92 Å². The van der Waals surface area contributed by atoms with E-state index in [-0.39, 0.29) is 5.69 Å². The fourth-order valence-corrected chi connectivity index (χ4v) is 2.05. The minimum Gasteiger partial charge on any atom is -0.477 e. The molecule has 0 radical (unpaired) electrons. The monoisotopic (exact) mass is 242 g/mol. The number of aromatic carboxylic acids is 1. The summed E-state index contributed by atoms with van der Waals surface area (Å²) in [5, 5.41) is 9.18. The number of aromatic nitrogens is 2. The van der Waals surface area contributed by atoms with Gasteiger partial charge in [-0.05, 0) is 31.2 Å². The average molecular weight is 242 g/mol. The predicted molar refractivity (Wildman–Crippen MR) is 64.6 cm³/mol. The highest BCUT2D eigenvalue weighted by Crippen LogP contribution is 2.25. The standard InChI is InChI=1S/C13H10N2O3/c1-8-12(10-5-3-7-18-10)14-11-6-2-4-9(13(16)17)15(8)11/h2-7H,1H3,(H,16,17). The summed E-state index contributed by atoms with van der Waals surface area (Å²) in [5.41, 5.74) is 2.20. The van der Waals surface area contributed by atoms with Gasteiger partial charge in [0.1, 0.15) is 17.0 Å². The van der Waals surface area contributed by atoms with Crippen LogP contribution in [0.15, 0.2) is 41.0 Å². The highest BCUT2D eigenvalue weighted by atomic mass is 16.4. The van der Waals surface area contributed by atoms with Gasteiger partial charge in [0.25, 0.3) is 0 Å². The van der Waals surface area contributed by atoms with Gasteiger partial charge in [-0.1, -0.05) is 6.07 Å². The molecule has 0 aliphatic carbocycles. The van der Waals surface area contributed by atoms with Gasteiger partial charge in [-0.3, -0.25) is 4.40 Å². The first-order valence-corrected chi connectivity index (χ1v) is 5.43. The third-order valence-electron chi connectivity index (χ3n) is 2.85. The number of hydrogen-bond donors (Lipinski definition) is 1. The molecule has 3 heterocycles. The Morgan fingerprint density at radius 2 is 2.17 bits per heavy atom. The molecule has 0 aromatic carbocycles. The minimum absolute atomic E-state index is 0.190. The van der Waals surface area contributed by atoms with E-state index in [1.165, 1.54) is 0 Å². The summed E-state index contributed by atoms with van der Waals surface area (Å²) >= 11 is 0. The molecule has 0 aliphatic rings. The summed E-state index contributed by atoms with van der Waals surface area (Å²) in [6, 6.07) is 8.57. The average Bonchev–Trinajstić information content (AvgIpc) is 2.97. The number of pyridine rings is 1. The molecule has 3 aromatic rings. The molecule has 1 N–H and O–H groups in total. The van der Waals surface area contributed by atoms with Gasteiger partial charge in [0.2, 0.25) is 0 Å². The Balaban J connectivity index is 2.36. The van der Waals surface area contributed by atoms with Crippen LogP contribution in [0.3, 0.4) is 0 Å². The molecule has 5 heteroatoms. The van der Waals surface area contributed by atoms with Gasteiger partial charge >= 0.3 is 5.97 Å². The maximum absolute atomic E-state index is 11.2. The number of carbonyl (C=O) groups is 1. The van der Waals surface area contributed by atoms with E-state index in [0.29, 0.717) is 17.1 Å². The van der Waals surface area contributed by atoms with Gasteiger partial charge < -0.3 is 9.52 Å². The largest absolute Gasteiger partial charge is 0.477 e. The van der Waals surface area contributed by atoms with Crippen LogP contribution in [-0.2, 0) is 0 Å². The van der Waals surface area contributed by atoms with Crippen molar-refractivity contribution in [1.82, 2.24) is 9.38 Å². The number of aryl methyl sites for hydroxylation is 1. The summed E-state index contributed by atoms with van der Waals surface area (Å²) in [6.07, 6.45) is 1.57. The van der Waals surface area contributed by atoms with Gasteiger partial charge in [-0.2, -0.15) is 0 Å². The molecule has 3 rings (SSSR count). The number of carboxylic acids is 1. The minimum atomic E-state index is -0.980. The molecular formula is C13H10N2O3. The Bertz CT molecular complexity index is 726. The molecule has 18 heavy (non-hydrogen) atoms. The van der Waals surface area contributed by atoms with E-state index in [9.17, 15) is 9.90 Å². The zero-order chi connectivity index (χ0) is 12.7. The van der Waals surface area contributed by atoms with E-state index in [0.717, 1.165) is 5.69 Å². The number of furan rings is 1. The zero-order valence-electron chi connectivity index (χ0n) is 9.62. The first-order chi connectivity index (χ1) is 8.68. The summed E-state index contributed by atoms with van der Waals surface area (Å²) in [7, 11) is 0. The number of fused-ring (bicyclic) bond motifs is 1. The molecule has 0 spiro atoms. The van der Waals surface area contributed by atoms with Crippen LogP contribution in [0.4, 0.5) is 0 Å². The molecule has 0 aliphatic heterocycles. The van der Waals surface area contributed by atoms with Crippen molar-refractivity contribution in [2.45, 2.75) is 6.92 Å². The van der Waals surface area contributed by atoms with Crippen molar-refractivity contribution in [3.05, 3.63) is 48.0 Å². The predicted octanol–water partition coefficient (Wildman–Crippen LogP) is 2.60. The Kier molecular flexibility index (Phi) is 2.19. The Labute approximate surface area is 102 Å². The van der Waals surface area contributed by atoms with Crippen LogP contribution >= 0.6 is 0 Å². The smallest absolute Gasteiger partial charge is 0.352 e. The lowest BCUT2D eigenvalue weighted by Gasteiger charge is -2.01. The molecule has 0 fully saturated rings. The van der Waals surface area contributed by atoms with E-state index in [1.54, 1.807) is 41.0 Å². The second-order valence-corrected chi connectivity index (χ2v) is 3.93. The maximum atomic E-state index is 11.2. The van der Waals surface area contributed by atoms with Crippen molar-refractivity contribution in [3.8, 4) is 11.5 Å². The maximum Gasteiger partial charge on any atom is 0.352 e. The summed E-state index contributed by atoms with van der Waals surface area (Å²) < 4.78 is 6.92. The van der Waals surface area contributed by atoms with Crippen LogP contribution in [0.2, 0.25) is 0 Å². The number of hydrogen-bond acceptors (Lipinski definition) is 3. The van der Waals surface area contributed by atoms with Crippen molar-refractivity contribution >= 4 is 11.6 Å². The molecular weight excluding hydrogens is 232 g/mol. The Morgan fingerprint density at radius 1 is 1.33 bits per heavy atom. The van der Waals surface area contributed by atoms with E-state index < -0.39 is 5.97 Å². The molecule has 0 amide bonds. The van der Waals surface area contributed by atoms with Gasteiger partial charge in [-0.25, -0.2) is 9.78 Å². The van der Waals surface area contributed by atoms with E-state index >= 15 is 0 Å². The van der Waals surface area contributed by atoms with Crippen LogP contribution in [0.25, 0.3) is 17.1 Å². The quantitative estimate of drug-likeness (QED) is 0.750. The van der Waals surface area contributed by atoms with E-state index in [4.69, 9.17) is 4.42 Å². The van der Waals surface area contributed by atoms with E-state index in [2.05, 4.69) is 4.98 Å². The third kappa shape index (κ3) is 1.41. The van der Waals surface area contributed by atoms with Crippen LogP contribution in [0.5, 0.6) is 0 Å². The van der Waals surface area contributed by atoms with Crippen molar-refractivity contribution in [1.29, 1.82) is 0 Å². The van der Waals surface area contributed by atoms with Crippen molar-refractivity contribution < 1.29 is 14.3 Å². The molecule has 3 aromatic heterocycles. The summed E-state index contributed by atoms with van der Waals surface area (Å²) in [5.74, 6) is -0.348.